The van der Waals surface area contributed by atoms with Gasteiger partial charge in [0.2, 0.25) is 15.9 Å². The molecule has 2 amide bonds. The van der Waals surface area contributed by atoms with Gasteiger partial charge in [0.05, 0.1) is 10.6 Å². The molecule has 0 aromatic heterocycles. The van der Waals surface area contributed by atoms with Crippen LogP contribution in [-0.4, -0.2) is 56.3 Å². The third kappa shape index (κ3) is 4.95. The Hall–Kier alpha value is -2.13. The van der Waals surface area contributed by atoms with Gasteiger partial charge in [0, 0.05) is 18.6 Å². The quantitative estimate of drug-likeness (QED) is 0.737. The molecule has 0 aliphatic carbocycles. The van der Waals surface area contributed by atoms with Gasteiger partial charge in [0.15, 0.2) is 6.61 Å². The molecular formula is C21H31N3O5S. The predicted molar refractivity (Wildman–Crippen MR) is 114 cm³/mol. The highest BCUT2D eigenvalue weighted by molar-refractivity contribution is 7.89. The molecule has 2 heterocycles. The molecule has 2 aliphatic rings. The van der Waals surface area contributed by atoms with Crippen molar-refractivity contribution in [3.05, 3.63) is 18.2 Å². The van der Waals surface area contributed by atoms with E-state index >= 15 is 0 Å². The summed E-state index contributed by atoms with van der Waals surface area (Å²) < 4.78 is 33.3. The molecule has 1 N–H and O–H groups in total. The summed E-state index contributed by atoms with van der Waals surface area (Å²) in [5.74, 6) is -0.285. The molecule has 30 heavy (non-hydrogen) atoms. The summed E-state index contributed by atoms with van der Waals surface area (Å²) in [4.78, 5) is 26.5. The summed E-state index contributed by atoms with van der Waals surface area (Å²) in [7, 11) is -3.68. The summed E-state index contributed by atoms with van der Waals surface area (Å²) >= 11 is 0. The van der Waals surface area contributed by atoms with Crippen molar-refractivity contribution in [1.82, 2.24) is 9.62 Å². The van der Waals surface area contributed by atoms with Crippen LogP contribution in [0.5, 0.6) is 5.75 Å². The zero-order valence-corrected chi connectivity index (χ0v) is 18.8. The smallest absolute Gasteiger partial charge is 0.265 e. The van der Waals surface area contributed by atoms with Crippen LogP contribution in [0.4, 0.5) is 5.69 Å². The van der Waals surface area contributed by atoms with E-state index in [0.717, 1.165) is 32.1 Å². The molecule has 0 unspecified atom stereocenters. The number of nitrogens with one attached hydrogen (secondary N) is 1. The van der Waals surface area contributed by atoms with Crippen molar-refractivity contribution in [1.29, 1.82) is 0 Å². The maximum atomic E-state index is 13.2. The number of amides is 2. The lowest BCUT2D eigenvalue weighted by Crippen LogP contribution is -2.50. The second-order valence-corrected chi connectivity index (χ2v) is 10.4. The Morgan fingerprint density at radius 3 is 2.47 bits per heavy atom. The van der Waals surface area contributed by atoms with Gasteiger partial charge in [0.25, 0.3) is 5.91 Å². The van der Waals surface area contributed by atoms with Crippen LogP contribution in [0.1, 0.15) is 52.9 Å². The molecule has 1 fully saturated rings. The first-order valence-corrected chi connectivity index (χ1v) is 12.0. The Balaban J connectivity index is 1.88. The van der Waals surface area contributed by atoms with Crippen LogP contribution in [-0.2, 0) is 19.6 Å². The number of benzene rings is 1. The largest absolute Gasteiger partial charge is 0.482 e. The normalized spacial score (nSPS) is 18.4. The molecule has 1 saturated heterocycles. The fourth-order valence-electron chi connectivity index (χ4n) is 3.60. The SMILES string of the molecule is CCC(C)(C)NC(=O)CN1C(=O)COc2ccc(S(=O)(=O)N3CCCCCC3)cc21. The van der Waals surface area contributed by atoms with Crippen LogP contribution >= 0.6 is 0 Å². The van der Waals surface area contributed by atoms with E-state index in [9.17, 15) is 18.0 Å². The second-order valence-electron chi connectivity index (χ2n) is 8.50. The van der Waals surface area contributed by atoms with E-state index in [1.54, 1.807) is 6.07 Å². The zero-order chi connectivity index (χ0) is 21.9. The van der Waals surface area contributed by atoms with E-state index < -0.39 is 15.6 Å². The van der Waals surface area contributed by atoms with Crippen LogP contribution in [0.15, 0.2) is 23.1 Å². The minimum absolute atomic E-state index is 0.112. The van der Waals surface area contributed by atoms with E-state index in [4.69, 9.17) is 4.74 Å². The molecule has 3 rings (SSSR count). The average molecular weight is 438 g/mol. The number of carbonyl (C=O) groups excluding carboxylic acids is 2. The fraction of sp³-hybridized carbons (Fsp3) is 0.619. The maximum Gasteiger partial charge on any atom is 0.265 e. The predicted octanol–water partition coefficient (Wildman–Crippen LogP) is 2.28. The van der Waals surface area contributed by atoms with Crippen LogP contribution in [0.3, 0.4) is 0 Å². The second kappa shape index (κ2) is 8.93. The molecule has 0 radical (unpaired) electrons. The Labute approximate surface area is 178 Å². The molecule has 1 aromatic rings. The number of carbonyl (C=O) groups is 2. The summed E-state index contributed by atoms with van der Waals surface area (Å²) in [6.07, 6.45) is 4.46. The number of hydrogen-bond donors (Lipinski definition) is 1. The number of rotatable bonds is 6. The highest BCUT2D eigenvalue weighted by Gasteiger charge is 2.32. The lowest BCUT2D eigenvalue weighted by molar-refractivity contribution is -0.126. The van der Waals surface area contributed by atoms with Gasteiger partial charge in [-0.05, 0) is 51.3 Å². The molecule has 8 nitrogen and oxygen atoms in total. The van der Waals surface area contributed by atoms with Gasteiger partial charge < -0.3 is 10.1 Å². The zero-order valence-electron chi connectivity index (χ0n) is 17.9. The number of sulfonamides is 1. The van der Waals surface area contributed by atoms with Crippen LogP contribution in [0.2, 0.25) is 0 Å². The number of hydrogen-bond acceptors (Lipinski definition) is 5. The highest BCUT2D eigenvalue weighted by atomic mass is 32.2. The van der Waals surface area contributed by atoms with E-state index in [2.05, 4.69) is 5.32 Å². The minimum Gasteiger partial charge on any atom is -0.482 e. The lowest BCUT2D eigenvalue weighted by atomic mass is 10.0. The molecular weight excluding hydrogens is 406 g/mol. The Bertz CT molecular complexity index is 905. The average Bonchev–Trinajstić information content (AvgIpc) is 2.99. The van der Waals surface area contributed by atoms with Crippen molar-refractivity contribution in [3.63, 3.8) is 0 Å². The third-order valence-corrected chi connectivity index (χ3v) is 7.63. The Morgan fingerprint density at radius 2 is 1.83 bits per heavy atom. The van der Waals surface area contributed by atoms with Crippen LogP contribution in [0, 0.1) is 0 Å². The van der Waals surface area contributed by atoms with Gasteiger partial charge in [-0.1, -0.05) is 19.8 Å². The summed E-state index contributed by atoms with van der Waals surface area (Å²) in [5.41, 5.74) is -0.0840. The van der Waals surface area contributed by atoms with Crippen molar-refractivity contribution in [3.8, 4) is 5.75 Å². The molecule has 0 saturated carbocycles. The Kier molecular flexibility index (Phi) is 6.71. The molecule has 0 bridgehead atoms. The summed E-state index contributed by atoms with van der Waals surface area (Å²) in [6, 6.07) is 4.52. The summed E-state index contributed by atoms with van der Waals surface area (Å²) in [5, 5.41) is 2.91. The standard InChI is InChI=1S/C21H31N3O5S/c1-4-21(2,3)22-19(25)14-24-17-13-16(9-10-18(17)29-15-20(24)26)30(27,28)23-11-7-5-6-8-12-23/h9-10,13H,4-8,11-12,14-15H2,1-3H3,(H,22,25). The van der Waals surface area contributed by atoms with E-state index in [-0.39, 0.29) is 29.9 Å². The van der Waals surface area contributed by atoms with E-state index in [1.807, 2.05) is 20.8 Å². The van der Waals surface area contributed by atoms with Gasteiger partial charge in [-0.15, -0.1) is 0 Å². The van der Waals surface area contributed by atoms with E-state index in [1.165, 1.54) is 21.3 Å². The minimum atomic E-state index is -3.68. The highest BCUT2D eigenvalue weighted by Crippen LogP contribution is 2.35. The first kappa shape index (κ1) is 22.6. The summed E-state index contributed by atoms with van der Waals surface area (Å²) in [6.45, 7) is 6.40. The molecule has 0 atom stereocenters. The van der Waals surface area contributed by atoms with Crippen LogP contribution in [0.25, 0.3) is 0 Å². The van der Waals surface area contributed by atoms with Gasteiger partial charge in [-0.25, -0.2) is 8.42 Å². The lowest BCUT2D eigenvalue weighted by Gasteiger charge is -2.31. The topological polar surface area (TPSA) is 96.0 Å². The fourth-order valence-corrected chi connectivity index (χ4v) is 5.13. The van der Waals surface area contributed by atoms with Crippen molar-refractivity contribution >= 4 is 27.5 Å². The molecule has 2 aliphatic heterocycles. The number of ether oxygens (including phenoxy) is 1. The van der Waals surface area contributed by atoms with Crippen LogP contribution < -0.4 is 15.0 Å². The van der Waals surface area contributed by atoms with Gasteiger partial charge in [0.1, 0.15) is 12.3 Å². The number of fused-ring (bicyclic) bond motifs is 1. The number of nitrogens with zero attached hydrogens (tertiary/aromatic N) is 2. The van der Waals surface area contributed by atoms with Crippen molar-refractivity contribution in [2.45, 2.75) is 63.3 Å². The molecule has 0 spiro atoms. The molecule has 1 aromatic carbocycles. The van der Waals surface area contributed by atoms with Crippen molar-refractivity contribution < 1.29 is 22.7 Å². The van der Waals surface area contributed by atoms with Crippen molar-refractivity contribution in [2.24, 2.45) is 0 Å². The van der Waals surface area contributed by atoms with E-state index in [0.29, 0.717) is 24.5 Å². The maximum absolute atomic E-state index is 13.2. The Morgan fingerprint density at radius 1 is 1.17 bits per heavy atom. The molecule has 9 heteroatoms. The number of anilines is 1. The van der Waals surface area contributed by atoms with Gasteiger partial charge in [-0.3, -0.25) is 14.5 Å². The van der Waals surface area contributed by atoms with Gasteiger partial charge in [-0.2, -0.15) is 4.31 Å². The third-order valence-electron chi connectivity index (χ3n) is 5.74. The van der Waals surface area contributed by atoms with Gasteiger partial charge >= 0.3 is 0 Å². The van der Waals surface area contributed by atoms with Crippen molar-refractivity contribution in [2.75, 3.05) is 31.1 Å². The monoisotopic (exact) mass is 437 g/mol. The molecule has 166 valence electrons. The first-order valence-electron chi connectivity index (χ1n) is 10.5. The first-order chi connectivity index (χ1) is 14.1.